The van der Waals surface area contributed by atoms with Gasteiger partial charge >= 0.3 is 6.03 Å². The van der Waals surface area contributed by atoms with Crippen molar-refractivity contribution in [3.63, 3.8) is 0 Å². The van der Waals surface area contributed by atoms with Gasteiger partial charge in [-0.25, -0.2) is 4.79 Å². The van der Waals surface area contributed by atoms with Crippen LogP contribution in [0.25, 0.3) is 0 Å². The first kappa shape index (κ1) is 16.9. The highest BCUT2D eigenvalue weighted by Crippen LogP contribution is 2.15. The molecule has 0 aliphatic carbocycles. The Kier molecular flexibility index (Phi) is 7.58. The Morgan fingerprint density at radius 1 is 1.40 bits per heavy atom. The van der Waals surface area contributed by atoms with E-state index in [0.29, 0.717) is 18.2 Å². The monoisotopic (exact) mass is 344 g/mol. The molecule has 1 aromatic carbocycles. The van der Waals surface area contributed by atoms with Gasteiger partial charge < -0.3 is 20.5 Å². The van der Waals surface area contributed by atoms with Crippen LogP contribution in [0.1, 0.15) is 13.8 Å². The number of nitrogens with one attached hydrogen (secondary N) is 2. The van der Waals surface area contributed by atoms with Gasteiger partial charge in [0.2, 0.25) is 0 Å². The molecule has 0 heterocycles. The van der Waals surface area contributed by atoms with Crippen LogP contribution in [0.2, 0.25) is 0 Å². The van der Waals surface area contributed by atoms with Crippen LogP contribution in [0.15, 0.2) is 28.7 Å². The van der Waals surface area contributed by atoms with Crippen molar-refractivity contribution in [2.45, 2.75) is 20.0 Å². The van der Waals surface area contributed by atoms with E-state index in [9.17, 15) is 9.90 Å². The Morgan fingerprint density at radius 3 is 2.80 bits per heavy atom. The number of hydrogen-bond donors (Lipinski definition) is 3. The molecule has 0 radical (unpaired) electrons. The van der Waals surface area contributed by atoms with Crippen LogP contribution in [0.4, 0.5) is 10.5 Å². The van der Waals surface area contributed by atoms with E-state index in [1.54, 1.807) is 12.1 Å². The molecule has 5 nitrogen and oxygen atoms in total. The highest BCUT2D eigenvalue weighted by molar-refractivity contribution is 9.10. The Labute approximate surface area is 127 Å². The van der Waals surface area contributed by atoms with Gasteiger partial charge in [0.15, 0.2) is 0 Å². The highest BCUT2D eigenvalue weighted by Gasteiger charge is 2.08. The third-order valence-corrected chi connectivity index (χ3v) is 2.84. The molecule has 112 valence electrons. The number of halogens is 1. The molecule has 1 unspecified atom stereocenters. The van der Waals surface area contributed by atoms with Gasteiger partial charge in [0.1, 0.15) is 0 Å². The number of hydrogen-bond acceptors (Lipinski definition) is 3. The Morgan fingerprint density at radius 2 is 2.15 bits per heavy atom. The van der Waals surface area contributed by atoms with Crippen LogP contribution in [-0.2, 0) is 4.74 Å². The van der Waals surface area contributed by atoms with E-state index in [1.807, 2.05) is 26.0 Å². The second kappa shape index (κ2) is 8.94. The molecule has 1 atom stereocenters. The minimum Gasteiger partial charge on any atom is -0.389 e. The third-order valence-electron chi connectivity index (χ3n) is 2.34. The summed E-state index contributed by atoms with van der Waals surface area (Å²) in [6.07, 6.45) is -0.706. The predicted octanol–water partition coefficient (Wildman–Crippen LogP) is 2.60. The van der Waals surface area contributed by atoms with Gasteiger partial charge in [-0.3, -0.25) is 0 Å². The average molecular weight is 345 g/mol. The van der Waals surface area contributed by atoms with Gasteiger partial charge in [0, 0.05) is 23.3 Å². The quantitative estimate of drug-likeness (QED) is 0.711. The number of carbonyl (C=O) groups excluding carboxylic acids is 1. The van der Waals surface area contributed by atoms with E-state index in [-0.39, 0.29) is 19.2 Å². The Hall–Kier alpha value is -1.11. The van der Waals surface area contributed by atoms with E-state index >= 15 is 0 Å². The predicted molar refractivity (Wildman–Crippen MR) is 82.8 cm³/mol. The molecule has 1 aromatic rings. The summed E-state index contributed by atoms with van der Waals surface area (Å²) in [4.78, 5) is 11.6. The minimum absolute atomic E-state index is 0.151. The Balaban J connectivity index is 2.22. The summed E-state index contributed by atoms with van der Waals surface area (Å²) in [6.45, 7) is 5.04. The zero-order chi connectivity index (χ0) is 15.0. The molecule has 0 aliphatic heterocycles. The average Bonchev–Trinajstić information content (AvgIpc) is 2.36. The molecule has 0 saturated heterocycles. The fourth-order valence-electron chi connectivity index (χ4n) is 1.45. The van der Waals surface area contributed by atoms with Gasteiger partial charge in [-0.1, -0.05) is 35.8 Å². The SMILES string of the molecule is CC(C)COCC(O)CNC(=O)Nc1cccc(Br)c1. The number of anilines is 1. The van der Waals surface area contributed by atoms with Gasteiger partial charge in [-0.05, 0) is 24.1 Å². The number of aliphatic hydroxyl groups is 1. The van der Waals surface area contributed by atoms with Crippen molar-refractivity contribution in [1.82, 2.24) is 5.32 Å². The second-order valence-corrected chi connectivity index (χ2v) is 5.85. The first-order valence-corrected chi connectivity index (χ1v) is 7.33. The van der Waals surface area contributed by atoms with Crippen LogP contribution in [0, 0.1) is 5.92 Å². The minimum atomic E-state index is -0.706. The number of rotatable bonds is 7. The van der Waals surface area contributed by atoms with Crippen molar-refractivity contribution >= 4 is 27.6 Å². The zero-order valence-corrected chi connectivity index (χ0v) is 13.3. The van der Waals surface area contributed by atoms with Crippen molar-refractivity contribution in [3.05, 3.63) is 28.7 Å². The molecule has 0 aromatic heterocycles. The lowest BCUT2D eigenvalue weighted by Gasteiger charge is -2.14. The molecule has 0 bridgehead atoms. The highest BCUT2D eigenvalue weighted by atomic mass is 79.9. The van der Waals surface area contributed by atoms with Gasteiger partial charge in [-0.15, -0.1) is 0 Å². The summed E-state index contributed by atoms with van der Waals surface area (Å²) >= 11 is 3.33. The third kappa shape index (κ3) is 7.47. The van der Waals surface area contributed by atoms with Crippen LogP contribution in [-0.4, -0.2) is 37.0 Å². The number of amides is 2. The van der Waals surface area contributed by atoms with Crippen molar-refractivity contribution in [2.75, 3.05) is 25.1 Å². The lowest BCUT2D eigenvalue weighted by molar-refractivity contribution is 0.0274. The molecule has 1 rings (SSSR count). The molecule has 6 heteroatoms. The van der Waals surface area contributed by atoms with Gasteiger partial charge in [0.25, 0.3) is 0 Å². The number of carbonyl (C=O) groups is 1. The molecule has 0 spiro atoms. The van der Waals surface area contributed by atoms with E-state index in [0.717, 1.165) is 4.47 Å². The summed E-state index contributed by atoms with van der Waals surface area (Å²) in [5.74, 6) is 0.426. The number of benzene rings is 1. The maximum absolute atomic E-state index is 11.6. The normalized spacial score (nSPS) is 12.2. The number of ether oxygens (including phenoxy) is 1. The maximum atomic E-state index is 11.6. The zero-order valence-electron chi connectivity index (χ0n) is 11.7. The smallest absolute Gasteiger partial charge is 0.319 e. The van der Waals surface area contributed by atoms with Gasteiger partial charge in [-0.2, -0.15) is 0 Å². The number of urea groups is 1. The van der Waals surface area contributed by atoms with Crippen LogP contribution < -0.4 is 10.6 Å². The molecule has 3 N–H and O–H groups in total. The first-order valence-electron chi connectivity index (χ1n) is 6.53. The maximum Gasteiger partial charge on any atom is 0.319 e. The van der Waals surface area contributed by atoms with E-state index in [1.165, 1.54) is 0 Å². The molecule has 0 saturated carbocycles. The summed E-state index contributed by atoms with van der Waals surface area (Å²) in [5.41, 5.74) is 0.683. The Bertz CT molecular complexity index is 427. The van der Waals surface area contributed by atoms with Crippen molar-refractivity contribution in [1.29, 1.82) is 0 Å². The summed E-state index contributed by atoms with van der Waals surface area (Å²) in [7, 11) is 0. The lowest BCUT2D eigenvalue weighted by Crippen LogP contribution is -2.37. The first-order chi connectivity index (χ1) is 9.47. The second-order valence-electron chi connectivity index (χ2n) is 4.93. The number of aliphatic hydroxyl groups excluding tert-OH is 1. The van der Waals surface area contributed by atoms with Crippen LogP contribution >= 0.6 is 15.9 Å². The lowest BCUT2D eigenvalue weighted by atomic mass is 10.2. The largest absolute Gasteiger partial charge is 0.389 e. The van der Waals surface area contributed by atoms with Crippen molar-refractivity contribution in [2.24, 2.45) is 5.92 Å². The van der Waals surface area contributed by atoms with Crippen molar-refractivity contribution in [3.8, 4) is 0 Å². The molecular weight excluding hydrogens is 324 g/mol. The molecular formula is C14H21BrN2O3. The summed E-state index contributed by atoms with van der Waals surface area (Å²) < 4.78 is 6.18. The summed E-state index contributed by atoms with van der Waals surface area (Å²) in [5, 5.41) is 14.9. The standard InChI is InChI=1S/C14H21BrN2O3/c1-10(2)8-20-9-13(18)7-16-14(19)17-12-5-3-4-11(15)6-12/h3-6,10,13,18H,7-9H2,1-2H3,(H2,16,17,19). The molecule has 20 heavy (non-hydrogen) atoms. The van der Waals surface area contributed by atoms with Gasteiger partial charge in [0.05, 0.1) is 12.7 Å². The summed E-state index contributed by atoms with van der Waals surface area (Å²) in [6, 6.07) is 6.92. The molecule has 0 aliphatic rings. The van der Waals surface area contributed by atoms with Crippen molar-refractivity contribution < 1.29 is 14.6 Å². The van der Waals surface area contributed by atoms with Crippen LogP contribution in [0.3, 0.4) is 0 Å². The van der Waals surface area contributed by atoms with E-state index in [4.69, 9.17) is 4.74 Å². The topological polar surface area (TPSA) is 70.6 Å². The molecule has 0 fully saturated rings. The fraction of sp³-hybridized carbons (Fsp3) is 0.500. The fourth-order valence-corrected chi connectivity index (χ4v) is 1.85. The van der Waals surface area contributed by atoms with Crippen LogP contribution in [0.5, 0.6) is 0 Å². The molecule has 2 amide bonds. The van der Waals surface area contributed by atoms with E-state index < -0.39 is 6.10 Å². The van der Waals surface area contributed by atoms with E-state index in [2.05, 4.69) is 26.6 Å².